The first kappa shape index (κ1) is 14.1. The van der Waals surface area contributed by atoms with Crippen LogP contribution in [-0.4, -0.2) is 25.0 Å². The highest BCUT2D eigenvalue weighted by molar-refractivity contribution is 5.94. The van der Waals surface area contributed by atoms with Crippen LogP contribution < -0.4 is 10.2 Å². The Morgan fingerprint density at radius 1 is 1.25 bits per heavy atom. The van der Waals surface area contributed by atoms with Crippen LogP contribution in [0.2, 0.25) is 0 Å². The molecule has 0 atom stereocenters. The summed E-state index contributed by atoms with van der Waals surface area (Å²) in [5, 5.41) is 2.93. The van der Waals surface area contributed by atoms with Crippen molar-refractivity contribution in [3.8, 4) is 0 Å². The van der Waals surface area contributed by atoms with E-state index in [0.29, 0.717) is 12.1 Å². The van der Waals surface area contributed by atoms with Crippen LogP contribution in [0.25, 0.3) is 0 Å². The number of carbonyl (C=O) groups is 1. The molecule has 0 fully saturated rings. The van der Waals surface area contributed by atoms with Crippen LogP contribution in [0.1, 0.15) is 21.5 Å². The van der Waals surface area contributed by atoms with Crippen LogP contribution in [0.5, 0.6) is 0 Å². The zero-order chi connectivity index (χ0) is 14.5. The van der Waals surface area contributed by atoms with Gasteiger partial charge in [-0.15, -0.1) is 0 Å². The van der Waals surface area contributed by atoms with Gasteiger partial charge in [-0.25, -0.2) is 4.98 Å². The molecule has 0 spiro atoms. The van der Waals surface area contributed by atoms with Gasteiger partial charge in [0, 0.05) is 38.0 Å². The first-order valence-electron chi connectivity index (χ1n) is 6.54. The molecule has 0 unspecified atom stereocenters. The standard InChI is InChI=1S/C16H19N3O/c1-12-6-4-7-13(10-12)16(20)18-11-14-8-5-9-17-15(14)19(2)3/h4-10H,11H2,1-3H3,(H,18,20). The van der Waals surface area contributed by atoms with Crippen molar-refractivity contribution < 1.29 is 4.79 Å². The molecule has 104 valence electrons. The molecule has 1 heterocycles. The largest absolute Gasteiger partial charge is 0.362 e. The first-order valence-corrected chi connectivity index (χ1v) is 6.54. The average Bonchev–Trinajstić information content (AvgIpc) is 2.45. The summed E-state index contributed by atoms with van der Waals surface area (Å²) >= 11 is 0. The Labute approximate surface area is 119 Å². The van der Waals surface area contributed by atoms with E-state index in [1.807, 2.05) is 62.3 Å². The lowest BCUT2D eigenvalue weighted by Gasteiger charge is -2.16. The maximum absolute atomic E-state index is 12.1. The van der Waals surface area contributed by atoms with Gasteiger partial charge in [0.1, 0.15) is 5.82 Å². The van der Waals surface area contributed by atoms with Gasteiger partial charge in [0.05, 0.1) is 0 Å². The normalized spacial score (nSPS) is 10.2. The van der Waals surface area contributed by atoms with E-state index in [1.165, 1.54) is 0 Å². The van der Waals surface area contributed by atoms with Crippen molar-refractivity contribution in [3.05, 3.63) is 59.3 Å². The van der Waals surface area contributed by atoms with E-state index in [4.69, 9.17) is 0 Å². The number of hydrogen-bond donors (Lipinski definition) is 1. The zero-order valence-electron chi connectivity index (χ0n) is 12.1. The van der Waals surface area contributed by atoms with Crippen LogP contribution >= 0.6 is 0 Å². The molecular weight excluding hydrogens is 250 g/mol. The van der Waals surface area contributed by atoms with Gasteiger partial charge in [-0.3, -0.25) is 4.79 Å². The third-order valence-corrected chi connectivity index (χ3v) is 3.01. The molecule has 0 saturated carbocycles. The average molecular weight is 269 g/mol. The quantitative estimate of drug-likeness (QED) is 0.927. The van der Waals surface area contributed by atoms with E-state index < -0.39 is 0 Å². The molecule has 1 aromatic heterocycles. The summed E-state index contributed by atoms with van der Waals surface area (Å²) in [7, 11) is 3.88. The summed E-state index contributed by atoms with van der Waals surface area (Å²) in [6, 6.07) is 11.4. The predicted molar refractivity (Wildman–Crippen MR) is 80.9 cm³/mol. The molecule has 2 rings (SSSR count). The van der Waals surface area contributed by atoms with E-state index in [-0.39, 0.29) is 5.91 Å². The minimum atomic E-state index is -0.0674. The Kier molecular flexibility index (Phi) is 4.35. The Morgan fingerprint density at radius 2 is 2.05 bits per heavy atom. The Morgan fingerprint density at radius 3 is 2.75 bits per heavy atom. The molecule has 4 heteroatoms. The fourth-order valence-electron chi connectivity index (χ4n) is 2.03. The number of nitrogens with one attached hydrogen (secondary N) is 1. The highest BCUT2D eigenvalue weighted by atomic mass is 16.1. The molecule has 0 saturated heterocycles. The highest BCUT2D eigenvalue weighted by Gasteiger charge is 2.08. The van der Waals surface area contributed by atoms with E-state index >= 15 is 0 Å². The molecule has 0 bridgehead atoms. The molecule has 1 amide bonds. The summed E-state index contributed by atoms with van der Waals surface area (Å²) in [6.07, 6.45) is 1.75. The molecule has 4 nitrogen and oxygen atoms in total. The third kappa shape index (κ3) is 3.35. The molecule has 0 radical (unpaired) electrons. The van der Waals surface area contributed by atoms with Gasteiger partial charge in [0.25, 0.3) is 5.91 Å². The molecule has 1 N–H and O–H groups in total. The van der Waals surface area contributed by atoms with Gasteiger partial charge in [-0.05, 0) is 25.1 Å². The van der Waals surface area contributed by atoms with E-state index in [1.54, 1.807) is 6.20 Å². The number of aryl methyl sites for hydroxylation is 1. The second-order valence-electron chi connectivity index (χ2n) is 4.93. The number of pyridine rings is 1. The smallest absolute Gasteiger partial charge is 0.251 e. The predicted octanol–water partition coefficient (Wildman–Crippen LogP) is 2.39. The number of nitrogens with zero attached hydrogens (tertiary/aromatic N) is 2. The monoisotopic (exact) mass is 269 g/mol. The van der Waals surface area contributed by atoms with Crippen LogP contribution in [0, 0.1) is 6.92 Å². The number of hydrogen-bond acceptors (Lipinski definition) is 3. The maximum atomic E-state index is 12.1. The van der Waals surface area contributed by atoms with E-state index in [9.17, 15) is 4.79 Å². The number of benzene rings is 1. The third-order valence-electron chi connectivity index (χ3n) is 3.01. The SMILES string of the molecule is Cc1cccc(C(=O)NCc2cccnc2N(C)C)c1. The van der Waals surface area contributed by atoms with Crippen molar-refractivity contribution in [2.45, 2.75) is 13.5 Å². The lowest BCUT2D eigenvalue weighted by molar-refractivity contribution is 0.0951. The van der Waals surface area contributed by atoms with Gasteiger partial charge in [-0.2, -0.15) is 0 Å². The van der Waals surface area contributed by atoms with Gasteiger partial charge in [0.15, 0.2) is 0 Å². The summed E-state index contributed by atoms with van der Waals surface area (Å²) in [5.41, 5.74) is 2.76. The van der Waals surface area contributed by atoms with Gasteiger partial charge in [-0.1, -0.05) is 23.8 Å². The summed E-state index contributed by atoms with van der Waals surface area (Å²) in [6.45, 7) is 2.44. The topological polar surface area (TPSA) is 45.2 Å². The van der Waals surface area contributed by atoms with Crippen LogP contribution in [0.15, 0.2) is 42.6 Å². The van der Waals surface area contributed by atoms with Crippen molar-refractivity contribution >= 4 is 11.7 Å². The van der Waals surface area contributed by atoms with Crippen molar-refractivity contribution in [3.63, 3.8) is 0 Å². The number of carbonyl (C=O) groups excluding carboxylic acids is 1. The van der Waals surface area contributed by atoms with E-state index in [2.05, 4.69) is 10.3 Å². The number of amides is 1. The fourth-order valence-corrected chi connectivity index (χ4v) is 2.03. The molecule has 2 aromatic rings. The maximum Gasteiger partial charge on any atom is 0.251 e. The van der Waals surface area contributed by atoms with Crippen LogP contribution in [-0.2, 0) is 6.54 Å². The van der Waals surface area contributed by atoms with Crippen LogP contribution in [0.3, 0.4) is 0 Å². The fraction of sp³-hybridized carbons (Fsp3) is 0.250. The van der Waals surface area contributed by atoms with Crippen LogP contribution in [0.4, 0.5) is 5.82 Å². The molecule has 1 aromatic carbocycles. The summed E-state index contributed by atoms with van der Waals surface area (Å²) in [5.74, 6) is 0.805. The number of anilines is 1. The summed E-state index contributed by atoms with van der Waals surface area (Å²) in [4.78, 5) is 18.4. The van der Waals surface area contributed by atoms with E-state index in [0.717, 1.165) is 16.9 Å². The lowest BCUT2D eigenvalue weighted by atomic mass is 10.1. The van der Waals surface area contributed by atoms with Gasteiger partial charge < -0.3 is 10.2 Å². The Balaban J connectivity index is 2.07. The van der Waals surface area contributed by atoms with Crippen molar-refractivity contribution in [2.75, 3.05) is 19.0 Å². The first-order chi connectivity index (χ1) is 9.58. The van der Waals surface area contributed by atoms with Crippen molar-refractivity contribution in [1.82, 2.24) is 10.3 Å². The second kappa shape index (κ2) is 6.19. The Bertz CT molecular complexity index is 608. The molecule has 0 aliphatic rings. The van der Waals surface area contributed by atoms with Gasteiger partial charge >= 0.3 is 0 Å². The number of rotatable bonds is 4. The molecule has 0 aliphatic heterocycles. The highest BCUT2D eigenvalue weighted by Crippen LogP contribution is 2.14. The molecular formula is C16H19N3O. The molecule has 20 heavy (non-hydrogen) atoms. The molecule has 0 aliphatic carbocycles. The van der Waals surface area contributed by atoms with Crippen molar-refractivity contribution in [2.24, 2.45) is 0 Å². The lowest BCUT2D eigenvalue weighted by Crippen LogP contribution is -2.24. The van der Waals surface area contributed by atoms with Gasteiger partial charge in [0.2, 0.25) is 0 Å². The second-order valence-corrected chi connectivity index (χ2v) is 4.93. The minimum Gasteiger partial charge on any atom is -0.362 e. The van der Waals surface area contributed by atoms with Crippen molar-refractivity contribution in [1.29, 1.82) is 0 Å². The minimum absolute atomic E-state index is 0.0674. The summed E-state index contributed by atoms with van der Waals surface area (Å²) < 4.78 is 0. The zero-order valence-corrected chi connectivity index (χ0v) is 12.1. The Hall–Kier alpha value is -2.36. The number of aromatic nitrogens is 1.